The van der Waals surface area contributed by atoms with E-state index in [0.29, 0.717) is 23.6 Å². The van der Waals surface area contributed by atoms with Crippen molar-refractivity contribution in [3.63, 3.8) is 0 Å². The maximum Gasteiger partial charge on any atom is 0.231 e. The minimum Gasteiger partial charge on any atom is -0.507 e. The first-order valence-electron chi connectivity index (χ1n) is 14.7. The third-order valence-corrected chi connectivity index (χ3v) is 10.6. The monoisotopic (exact) mass is 685 g/mol. The molecule has 1 amide bonds. The molecule has 0 saturated heterocycles. The summed E-state index contributed by atoms with van der Waals surface area (Å²) in [5.41, 5.74) is 0.713. The number of H-pyrrole nitrogens is 1. The fourth-order valence-corrected chi connectivity index (χ4v) is 7.53. The molecular weight excluding hydrogens is 650 g/mol. The molecule has 0 saturated carbocycles. The summed E-state index contributed by atoms with van der Waals surface area (Å²) in [7, 11) is 2.83. The van der Waals surface area contributed by atoms with Crippen LogP contribution in [-0.4, -0.2) is 70.9 Å². The van der Waals surface area contributed by atoms with E-state index < -0.39 is 29.0 Å². The molecule has 3 aromatic rings. The maximum atomic E-state index is 14.3. The van der Waals surface area contributed by atoms with Gasteiger partial charge in [0.25, 0.3) is 0 Å². The molecule has 5 rings (SSSR count). The van der Waals surface area contributed by atoms with Gasteiger partial charge in [-0.15, -0.1) is 11.8 Å². The standard InChI is InChI=1S/C33H36ClN3O7S2/c1-17-12-23(38)27(31(40)33(17)32(41)28-24(42-3)14-25(43-4)29(34)30(28)44-33)21(19-6-8-20(45-5)9-7-19)13-26(39)35-10-11-46-15-22-18(2)36-16-37-22/h6-9,14,16-17,21,40H,10-13,15H2,1-5H3,(H,35,39)(H,36,37)/t17-,21?,33+/m1/s1. The van der Waals surface area contributed by atoms with Crippen LogP contribution in [0.2, 0.25) is 5.02 Å². The van der Waals surface area contributed by atoms with Gasteiger partial charge >= 0.3 is 0 Å². The van der Waals surface area contributed by atoms with Crippen LogP contribution in [0.25, 0.3) is 0 Å². The number of methoxy groups -OCH3 is 2. The van der Waals surface area contributed by atoms with Gasteiger partial charge in [0, 0.05) is 65.0 Å². The van der Waals surface area contributed by atoms with Crippen LogP contribution in [0.3, 0.4) is 0 Å². The molecule has 1 aliphatic heterocycles. The Morgan fingerprint density at radius 2 is 1.96 bits per heavy atom. The minimum atomic E-state index is -1.94. The molecule has 1 unspecified atom stereocenters. The Morgan fingerprint density at radius 3 is 2.59 bits per heavy atom. The number of thioether (sulfide) groups is 2. The molecule has 13 heteroatoms. The number of benzene rings is 2. The van der Waals surface area contributed by atoms with Gasteiger partial charge in [0.15, 0.2) is 17.3 Å². The van der Waals surface area contributed by atoms with E-state index in [1.54, 1.807) is 36.8 Å². The lowest BCUT2D eigenvalue weighted by Gasteiger charge is -2.38. The predicted octanol–water partition coefficient (Wildman–Crippen LogP) is 6.07. The quantitative estimate of drug-likeness (QED) is 0.152. The van der Waals surface area contributed by atoms with E-state index in [2.05, 4.69) is 15.3 Å². The minimum absolute atomic E-state index is 0.0103. The van der Waals surface area contributed by atoms with E-state index in [4.69, 9.17) is 25.8 Å². The Hall–Kier alpha value is -3.61. The summed E-state index contributed by atoms with van der Waals surface area (Å²) < 4.78 is 17.2. The molecule has 2 heterocycles. The lowest BCUT2D eigenvalue weighted by atomic mass is 9.69. The SMILES string of the molecule is COc1cc(OC)c2c(c1Cl)O[C@]1(C2=O)C(O)=C(C(CC(=O)NCCSCc2nc[nH]c2C)c2ccc(SC)cc2)C(=O)C[C@H]1C. The molecule has 0 radical (unpaired) electrons. The molecule has 2 aliphatic rings. The average Bonchev–Trinajstić information content (AvgIpc) is 3.60. The third-order valence-electron chi connectivity index (χ3n) is 8.51. The molecule has 3 N–H and O–H groups in total. The van der Waals surface area contributed by atoms with Crippen LogP contribution >= 0.6 is 35.1 Å². The summed E-state index contributed by atoms with van der Waals surface area (Å²) in [5, 5.41) is 15.0. The van der Waals surface area contributed by atoms with Gasteiger partial charge in [-0.1, -0.05) is 30.7 Å². The zero-order valence-electron chi connectivity index (χ0n) is 26.2. The number of ether oxygens (including phenoxy) is 3. The second-order valence-corrected chi connectivity index (χ2v) is 13.5. The molecule has 3 atom stereocenters. The lowest BCUT2D eigenvalue weighted by molar-refractivity contribution is -0.121. The number of amides is 1. The number of aliphatic hydroxyl groups is 1. The van der Waals surface area contributed by atoms with Gasteiger partial charge in [-0.3, -0.25) is 14.4 Å². The number of halogens is 1. The maximum absolute atomic E-state index is 14.3. The average molecular weight is 686 g/mol. The van der Waals surface area contributed by atoms with Gasteiger partial charge in [-0.25, -0.2) is 4.98 Å². The first-order chi connectivity index (χ1) is 22.1. The number of allylic oxidation sites excluding steroid dienone is 1. The van der Waals surface area contributed by atoms with Crippen molar-refractivity contribution in [3.8, 4) is 17.2 Å². The van der Waals surface area contributed by atoms with Crippen molar-refractivity contribution in [1.29, 1.82) is 0 Å². The van der Waals surface area contributed by atoms with E-state index in [1.165, 1.54) is 20.3 Å². The number of hydrogen-bond donors (Lipinski definition) is 3. The number of nitrogens with one attached hydrogen (secondary N) is 2. The second kappa shape index (κ2) is 14.0. The summed E-state index contributed by atoms with van der Waals surface area (Å²) >= 11 is 9.79. The molecule has 10 nitrogen and oxygen atoms in total. The number of nitrogens with zero attached hydrogens (tertiary/aromatic N) is 1. The molecule has 1 aromatic heterocycles. The number of imidazole rings is 1. The topological polar surface area (TPSA) is 140 Å². The van der Waals surface area contributed by atoms with E-state index in [9.17, 15) is 19.5 Å². The van der Waals surface area contributed by atoms with Crippen molar-refractivity contribution in [2.75, 3.05) is 32.8 Å². The first-order valence-corrected chi connectivity index (χ1v) is 17.4. The summed E-state index contributed by atoms with van der Waals surface area (Å²) in [4.78, 5) is 49.7. The molecule has 1 spiro atoms. The third kappa shape index (κ3) is 6.10. The van der Waals surface area contributed by atoms with Crippen LogP contribution in [0, 0.1) is 12.8 Å². The predicted molar refractivity (Wildman–Crippen MR) is 179 cm³/mol. The Kier molecular flexibility index (Phi) is 10.3. The normalized spacial score (nSPS) is 19.7. The van der Waals surface area contributed by atoms with Crippen LogP contribution < -0.4 is 19.5 Å². The van der Waals surface area contributed by atoms with Gasteiger partial charge in [0.1, 0.15) is 22.1 Å². The highest BCUT2D eigenvalue weighted by molar-refractivity contribution is 7.98. The first kappa shape index (κ1) is 33.7. The van der Waals surface area contributed by atoms with Gasteiger partial charge in [-0.2, -0.15) is 11.8 Å². The Balaban J connectivity index is 1.48. The number of hydrogen-bond acceptors (Lipinski definition) is 10. The number of ketones is 2. The number of aliphatic hydroxyl groups excluding tert-OH is 1. The van der Waals surface area contributed by atoms with Crippen molar-refractivity contribution < 1.29 is 33.7 Å². The number of fused-ring (bicyclic) bond motifs is 1. The number of carbonyl (C=O) groups is 3. The van der Waals surface area contributed by atoms with Crippen molar-refractivity contribution in [3.05, 3.63) is 75.5 Å². The van der Waals surface area contributed by atoms with Crippen LogP contribution in [0.5, 0.6) is 17.2 Å². The fraction of sp³-hybridized carbons (Fsp3) is 0.394. The highest BCUT2D eigenvalue weighted by atomic mass is 35.5. The highest BCUT2D eigenvalue weighted by Gasteiger charge is 2.61. The van der Waals surface area contributed by atoms with Crippen molar-refractivity contribution in [2.45, 2.75) is 48.9 Å². The van der Waals surface area contributed by atoms with Crippen molar-refractivity contribution in [1.82, 2.24) is 15.3 Å². The van der Waals surface area contributed by atoms with Crippen LogP contribution in [-0.2, 0) is 15.3 Å². The van der Waals surface area contributed by atoms with Gasteiger partial charge < -0.3 is 29.6 Å². The summed E-state index contributed by atoms with van der Waals surface area (Å²) in [6.07, 6.45) is 3.38. The second-order valence-electron chi connectivity index (χ2n) is 11.2. The molecule has 0 bridgehead atoms. The van der Waals surface area contributed by atoms with Gasteiger partial charge in [0.2, 0.25) is 17.3 Å². The lowest BCUT2D eigenvalue weighted by Crippen LogP contribution is -2.53. The van der Waals surface area contributed by atoms with Crippen LogP contribution in [0.15, 0.2) is 52.9 Å². The highest BCUT2D eigenvalue weighted by Crippen LogP contribution is 2.55. The van der Waals surface area contributed by atoms with Crippen molar-refractivity contribution >= 4 is 52.6 Å². The van der Waals surface area contributed by atoms with E-state index in [1.807, 2.05) is 37.4 Å². The molecule has 2 aromatic carbocycles. The van der Waals surface area contributed by atoms with Crippen LogP contribution in [0.1, 0.15) is 53.0 Å². The molecule has 1 aliphatic carbocycles. The van der Waals surface area contributed by atoms with Gasteiger partial charge in [0.05, 0.1) is 26.2 Å². The van der Waals surface area contributed by atoms with E-state index in [-0.39, 0.29) is 57.9 Å². The largest absolute Gasteiger partial charge is 0.507 e. The molecular formula is C33H36ClN3O7S2. The smallest absolute Gasteiger partial charge is 0.231 e. The number of aromatic amines is 1. The zero-order chi connectivity index (χ0) is 33.2. The summed E-state index contributed by atoms with van der Waals surface area (Å²) in [6, 6.07) is 8.94. The number of aryl methyl sites for hydroxylation is 1. The molecule has 0 fully saturated rings. The number of rotatable bonds is 12. The van der Waals surface area contributed by atoms with Gasteiger partial charge in [-0.05, 0) is 30.9 Å². The summed E-state index contributed by atoms with van der Waals surface area (Å²) in [6.45, 7) is 4.04. The number of Topliss-reactive ketones (excluding diaryl/α,β-unsaturated/α-hetero) is 2. The summed E-state index contributed by atoms with van der Waals surface area (Å²) in [5.74, 6) is -1.59. The zero-order valence-corrected chi connectivity index (χ0v) is 28.6. The number of aromatic nitrogens is 2. The van der Waals surface area contributed by atoms with E-state index >= 15 is 0 Å². The number of carbonyl (C=O) groups excluding carboxylic acids is 3. The molecule has 46 heavy (non-hydrogen) atoms. The Labute approximate surface area is 281 Å². The van der Waals surface area contributed by atoms with E-state index in [0.717, 1.165) is 16.3 Å². The Morgan fingerprint density at radius 1 is 1.24 bits per heavy atom. The Bertz CT molecular complexity index is 1690. The molecule has 244 valence electrons. The van der Waals surface area contributed by atoms with Crippen LogP contribution in [0.4, 0.5) is 0 Å². The fourth-order valence-electron chi connectivity index (χ4n) is 5.98. The van der Waals surface area contributed by atoms with Crippen molar-refractivity contribution in [2.24, 2.45) is 5.92 Å².